The van der Waals surface area contributed by atoms with Crippen molar-refractivity contribution in [2.75, 3.05) is 0 Å². The predicted octanol–water partition coefficient (Wildman–Crippen LogP) is 6.33. The molecule has 0 fully saturated rings. The zero-order valence-electron chi connectivity index (χ0n) is 14.2. The van der Waals surface area contributed by atoms with Crippen molar-refractivity contribution in [3.63, 3.8) is 0 Å². The third kappa shape index (κ3) is 4.67. The van der Waals surface area contributed by atoms with Gasteiger partial charge in [0.1, 0.15) is 22.8 Å². The molecule has 0 saturated carbocycles. The molecule has 4 rings (SSSR count). The van der Waals surface area contributed by atoms with Crippen molar-refractivity contribution >= 4 is 55.3 Å². The van der Waals surface area contributed by atoms with Gasteiger partial charge < -0.3 is 4.74 Å². The van der Waals surface area contributed by atoms with Gasteiger partial charge in [0.25, 0.3) is 0 Å². The maximum atomic E-state index is 5.97. The maximum Gasteiger partial charge on any atom is 0.134 e. The van der Waals surface area contributed by atoms with Crippen LogP contribution in [-0.4, -0.2) is 5.04 Å². The van der Waals surface area contributed by atoms with Crippen molar-refractivity contribution in [3.8, 4) is 5.75 Å². The van der Waals surface area contributed by atoms with Crippen LogP contribution in [0, 0.1) is 3.57 Å². The van der Waals surface area contributed by atoms with Crippen molar-refractivity contribution in [1.29, 1.82) is 0 Å². The highest BCUT2D eigenvalue weighted by atomic mass is 127. The Bertz CT molecular complexity index is 964. The zero-order chi connectivity index (χ0) is 18.6. The molecule has 1 heterocycles. The molecular formula is C21H16BrIN2OS. The summed E-state index contributed by atoms with van der Waals surface area (Å²) in [6, 6.07) is 24.8. The smallest absolute Gasteiger partial charge is 0.134 e. The number of rotatable bonds is 5. The minimum absolute atomic E-state index is 0.0988. The summed E-state index contributed by atoms with van der Waals surface area (Å²) >= 11 is 7.66. The molecule has 0 aliphatic carbocycles. The zero-order valence-corrected chi connectivity index (χ0v) is 18.8. The number of nitrogens with one attached hydrogen (secondary N) is 1. The SMILES string of the molecule is Brc1cc([C@H]2NN=C(c3ccccc3)S2)ccc1OCc1ccc(I)cc1. The van der Waals surface area contributed by atoms with Crippen molar-refractivity contribution in [1.82, 2.24) is 5.43 Å². The summed E-state index contributed by atoms with van der Waals surface area (Å²) < 4.78 is 8.13. The van der Waals surface area contributed by atoms with Crippen LogP contribution in [-0.2, 0) is 6.61 Å². The van der Waals surface area contributed by atoms with E-state index >= 15 is 0 Å². The number of ether oxygens (including phenoxy) is 1. The van der Waals surface area contributed by atoms with E-state index in [-0.39, 0.29) is 5.37 Å². The molecule has 0 amide bonds. The molecule has 136 valence electrons. The minimum atomic E-state index is 0.0988. The molecule has 1 atom stereocenters. The molecule has 1 aliphatic heterocycles. The van der Waals surface area contributed by atoms with Crippen LogP contribution in [0.5, 0.6) is 5.75 Å². The third-order valence-electron chi connectivity index (χ3n) is 4.10. The molecule has 3 aromatic carbocycles. The van der Waals surface area contributed by atoms with Crippen molar-refractivity contribution < 1.29 is 4.74 Å². The van der Waals surface area contributed by atoms with E-state index in [2.05, 4.69) is 97.6 Å². The molecule has 3 nitrogen and oxygen atoms in total. The Balaban J connectivity index is 1.41. The molecule has 0 bridgehead atoms. The van der Waals surface area contributed by atoms with Crippen LogP contribution < -0.4 is 10.2 Å². The fraction of sp³-hybridized carbons (Fsp3) is 0.0952. The highest BCUT2D eigenvalue weighted by Gasteiger charge is 2.22. The van der Waals surface area contributed by atoms with Crippen LogP contribution in [0.1, 0.15) is 22.1 Å². The Morgan fingerprint density at radius 2 is 1.81 bits per heavy atom. The standard InChI is InChI=1S/C21H16BrIN2OS/c22-18-12-16(21-25-24-20(27-21)15-4-2-1-3-5-15)8-11-19(18)26-13-14-6-9-17(23)10-7-14/h1-12,21,25H,13H2/t21-/m0/s1. The largest absolute Gasteiger partial charge is 0.488 e. The topological polar surface area (TPSA) is 33.6 Å². The maximum absolute atomic E-state index is 5.97. The van der Waals surface area contributed by atoms with Gasteiger partial charge in [-0.05, 0) is 73.9 Å². The third-order valence-corrected chi connectivity index (χ3v) is 6.60. The minimum Gasteiger partial charge on any atom is -0.488 e. The van der Waals surface area contributed by atoms with E-state index in [1.165, 1.54) is 3.57 Å². The average Bonchev–Trinajstić information content (AvgIpc) is 3.19. The lowest BCUT2D eigenvalue weighted by atomic mass is 10.2. The number of thioether (sulfide) groups is 1. The van der Waals surface area contributed by atoms with E-state index < -0.39 is 0 Å². The first-order chi connectivity index (χ1) is 13.2. The van der Waals surface area contributed by atoms with Crippen LogP contribution in [0.4, 0.5) is 0 Å². The fourth-order valence-corrected chi connectivity index (χ4v) is 4.54. The number of nitrogens with zero attached hydrogens (tertiary/aromatic N) is 1. The second-order valence-electron chi connectivity index (χ2n) is 6.01. The number of hydrogen-bond donors (Lipinski definition) is 1. The molecular weight excluding hydrogens is 535 g/mol. The lowest BCUT2D eigenvalue weighted by molar-refractivity contribution is 0.304. The Morgan fingerprint density at radius 3 is 2.56 bits per heavy atom. The average molecular weight is 551 g/mol. The van der Waals surface area contributed by atoms with Gasteiger partial charge in [-0.1, -0.05) is 60.3 Å². The van der Waals surface area contributed by atoms with Gasteiger partial charge in [-0.15, -0.1) is 0 Å². The van der Waals surface area contributed by atoms with Crippen LogP contribution >= 0.6 is 50.3 Å². The van der Waals surface area contributed by atoms with Gasteiger partial charge in [0.05, 0.1) is 4.47 Å². The molecule has 6 heteroatoms. The monoisotopic (exact) mass is 550 g/mol. The number of benzene rings is 3. The summed E-state index contributed by atoms with van der Waals surface area (Å²) in [6.07, 6.45) is 0. The van der Waals surface area contributed by atoms with E-state index in [1.54, 1.807) is 11.8 Å². The number of halogens is 2. The van der Waals surface area contributed by atoms with Crippen molar-refractivity contribution in [2.24, 2.45) is 5.10 Å². The molecule has 1 N–H and O–H groups in total. The van der Waals surface area contributed by atoms with Crippen molar-refractivity contribution in [2.45, 2.75) is 12.0 Å². The van der Waals surface area contributed by atoms with Crippen LogP contribution in [0.25, 0.3) is 0 Å². The van der Waals surface area contributed by atoms with Gasteiger partial charge in [-0.3, -0.25) is 5.43 Å². The van der Waals surface area contributed by atoms with E-state index in [1.807, 2.05) is 24.3 Å². The molecule has 0 saturated heterocycles. The first-order valence-electron chi connectivity index (χ1n) is 8.41. The predicted molar refractivity (Wildman–Crippen MR) is 124 cm³/mol. The number of hydrazone groups is 1. The first-order valence-corrected chi connectivity index (χ1v) is 11.2. The number of hydrogen-bond acceptors (Lipinski definition) is 4. The normalized spacial score (nSPS) is 15.9. The molecule has 0 aromatic heterocycles. The summed E-state index contributed by atoms with van der Waals surface area (Å²) in [6.45, 7) is 0.548. The highest BCUT2D eigenvalue weighted by Crippen LogP contribution is 2.37. The van der Waals surface area contributed by atoms with Crippen molar-refractivity contribution in [3.05, 3.63) is 97.5 Å². The van der Waals surface area contributed by atoms with Gasteiger partial charge in [0, 0.05) is 9.13 Å². The fourth-order valence-electron chi connectivity index (χ4n) is 2.68. The van der Waals surface area contributed by atoms with Gasteiger partial charge in [-0.2, -0.15) is 5.10 Å². The van der Waals surface area contributed by atoms with E-state index in [9.17, 15) is 0 Å². The Labute approximate surface area is 184 Å². The quantitative estimate of drug-likeness (QED) is 0.377. The molecule has 0 spiro atoms. The second kappa shape index (κ2) is 8.67. The summed E-state index contributed by atoms with van der Waals surface area (Å²) in [5.41, 5.74) is 6.66. The molecule has 1 aliphatic rings. The Morgan fingerprint density at radius 1 is 1.04 bits per heavy atom. The summed E-state index contributed by atoms with van der Waals surface area (Å²) in [5.74, 6) is 0.837. The van der Waals surface area contributed by atoms with Gasteiger partial charge in [0.2, 0.25) is 0 Å². The molecule has 0 unspecified atom stereocenters. The lowest BCUT2D eigenvalue weighted by Crippen LogP contribution is -2.06. The van der Waals surface area contributed by atoms with Gasteiger partial charge >= 0.3 is 0 Å². The Kier molecular flexibility index (Phi) is 6.04. The molecule has 3 aromatic rings. The second-order valence-corrected chi connectivity index (χ2v) is 9.21. The van der Waals surface area contributed by atoms with E-state index in [0.29, 0.717) is 6.61 Å². The lowest BCUT2D eigenvalue weighted by Gasteiger charge is -2.13. The highest BCUT2D eigenvalue weighted by molar-refractivity contribution is 14.1. The van der Waals surface area contributed by atoms with Crippen LogP contribution in [0.15, 0.2) is 82.4 Å². The molecule has 0 radical (unpaired) electrons. The van der Waals surface area contributed by atoms with Crippen LogP contribution in [0.3, 0.4) is 0 Å². The van der Waals surface area contributed by atoms with Gasteiger partial charge in [-0.25, -0.2) is 0 Å². The molecule has 27 heavy (non-hydrogen) atoms. The summed E-state index contributed by atoms with van der Waals surface area (Å²) in [4.78, 5) is 0. The summed E-state index contributed by atoms with van der Waals surface area (Å²) in [7, 11) is 0. The first kappa shape index (κ1) is 18.8. The van der Waals surface area contributed by atoms with Crippen LogP contribution in [0.2, 0.25) is 0 Å². The summed E-state index contributed by atoms with van der Waals surface area (Å²) in [5, 5.41) is 5.59. The van der Waals surface area contributed by atoms with Gasteiger partial charge in [0.15, 0.2) is 0 Å². The van der Waals surface area contributed by atoms with E-state index in [0.717, 1.165) is 32.0 Å². The Hall–Kier alpha value is -1.51. The van der Waals surface area contributed by atoms with E-state index in [4.69, 9.17) is 4.74 Å².